The van der Waals surface area contributed by atoms with Gasteiger partial charge >= 0.3 is 0 Å². The Kier molecular flexibility index (Phi) is 6.05. The van der Waals surface area contributed by atoms with Crippen molar-refractivity contribution in [3.05, 3.63) is 63.4 Å². The maximum Gasteiger partial charge on any atom is 0.246 e. The van der Waals surface area contributed by atoms with Gasteiger partial charge in [-0.3, -0.25) is 4.79 Å². The van der Waals surface area contributed by atoms with Crippen LogP contribution >= 0.6 is 11.3 Å². The molecule has 0 aliphatic carbocycles. The van der Waals surface area contributed by atoms with Crippen LogP contribution in [0.5, 0.6) is 0 Å². The van der Waals surface area contributed by atoms with Gasteiger partial charge in [0, 0.05) is 24.1 Å². The van der Waals surface area contributed by atoms with Crippen LogP contribution < -0.4 is 0 Å². The van der Waals surface area contributed by atoms with Gasteiger partial charge < -0.3 is 9.64 Å². The third kappa shape index (κ3) is 5.03. The Morgan fingerprint density at radius 1 is 1.36 bits per heavy atom. The fourth-order valence-corrected chi connectivity index (χ4v) is 3.86. The molecule has 1 aliphatic rings. The van der Waals surface area contributed by atoms with Gasteiger partial charge in [-0.15, -0.1) is 11.3 Å². The normalized spacial score (nSPS) is 17.3. The summed E-state index contributed by atoms with van der Waals surface area (Å²) >= 11 is 1.69. The molecule has 1 saturated heterocycles. The third-order valence-corrected chi connectivity index (χ3v) is 5.38. The molecule has 0 spiro atoms. The second kappa shape index (κ2) is 8.45. The smallest absolute Gasteiger partial charge is 0.246 e. The maximum absolute atomic E-state index is 12.8. The highest BCUT2D eigenvalue weighted by molar-refractivity contribution is 7.09. The molecular formula is C21H25NO2S. The van der Waals surface area contributed by atoms with Crippen LogP contribution in [0.4, 0.5) is 0 Å². The molecule has 25 heavy (non-hydrogen) atoms. The van der Waals surface area contributed by atoms with Gasteiger partial charge in [0.1, 0.15) is 0 Å². The van der Waals surface area contributed by atoms with E-state index in [4.69, 9.17) is 4.74 Å². The molecule has 0 radical (unpaired) electrons. The van der Waals surface area contributed by atoms with Crippen LogP contribution in [0.1, 0.15) is 34.4 Å². The van der Waals surface area contributed by atoms with Gasteiger partial charge in [-0.1, -0.05) is 29.8 Å². The largest absolute Gasteiger partial charge is 0.376 e. The predicted molar refractivity (Wildman–Crippen MR) is 104 cm³/mol. The van der Waals surface area contributed by atoms with E-state index in [0.717, 1.165) is 25.0 Å². The molecule has 1 aromatic carbocycles. The average Bonchev–Trinajstić information content (AvgIpc) is 3.27. The molecule has 3 rings (SSSR count). The average molecular weight is 356 g/mol. The van der Waals surface area contributed by atoms with E-state index in [1.165, 1.54) is 16.0 Å². The number of carbonyl (C=O) groups excluding carboxylic acids is 1. The van der Waals surface area contributed by atoms with E-state index in [1.54, 1.807) is 17.4 Å². The molecule has 1 amide bonds. The lowest BCUT2D eigenvalue weighted by Gasteiger charge is -2.24. The van der Waals surface area contributed by atoms with E-state index in [0.29, 0.717) is 13.1 Å². The highest BCUT2D eigenvalue weighted by Gasteiger charge is 2.22. The standard InChI is InChI=1S/C21H25NO2S/c1-16-7-8-18(17(2)13-16)9-10-21(23)22(14-19-5-3-11-24-19)15-20-6-4-12-25-20/h4,6-10,12-13,19H,3,5,11,14-15H2,1-2H3/b10-9+. The highest BCUT2D eigenvalue weighted by Crippen LogP contribution is 2.18. The van der Waals surface area contributed by atoms with Gasteiger partial charge in [0.15, 0.2) is 0 Å². The van der Waals surface area contributed by atoms with E-state index in [9.17, 15) is 4.79 Å². The lowest BCUT2D eigenvalue weighted by atomic mass is 10.1. The van der Waals surface area contributed by atoms with Crippen LogP contribution in [0.15, 0.2) is 41.8 Å². The van der Waals surface area contributed by atoms with E-state index in [2.05, 4.69) is 43.5 Å². The molecule has 1 unspecified atom stereocenters. The van der Waals surface area contributed by atoms with E-state index < -0.39 is 0 Å². The van der Waals surface area contributed by atoms with Crippen LogP contribution in [0.2, 0.25) is 0 Å². The summed E-state index contributed by atoms with van der Waals surface area (Å²) in [4.78, 5) is 15.9. The highest BCUT2D eigenvalue weighted by atomic mass is 32.1. The first-order chi connectivity index (χ1) is 12.1. The Hall–Kier alpha value is -1.91. The van der Waals surface area contributed by atoms with Crippen molar-refractivity contribution in [3.63, 3.8) is 0 Å². The summed E-state index contributed by atoms with van der Waals surface area (Å²) in [5, 5.41) is 2.05. The minimum absolute atomic E-state index is 0.0453. The molecule has 4 heteroatoms. The minimum atomic E-state index is 0.0453. The van der Waals surface area contributed by atoms with E-state index in [-0.39, 0.29) is 12.0 Å². The van der Waals surface area contributed by atoms with Crippen molar-refractivity contribution >= 4 is 23.3 Å². The lowest BCUT2D eigenvalue weighted by molar-refractivity contribution is -0.128. The van der Waals surface area contributed by atoms with E-state index >= 15 is 0 Å². The molecule has 2 heterocycles. The second-order valence-corrected chi connectivity index (χ2v) is 7.66. The molecule has 1 aromatic heterocycles. The summed E-state index contributed by atoms with van der Waals surface area (Å²) in [5.41, 5.74) is 3.51. The number of thiophene rings is 1. The summed E-state index contributed by atoms with van der Waals surface area (Å²) in [6.45, 7) is 6.27. The lowest BCUT2D eigenvalue weighted by Crippen LogP contribution is -2.35. The number of hydrogen-bond donors (Lipinski definition) is 0. The van der Waals surface area contributed by atoms with Crippen molar-refractivity contribution in [2.45, 2.75) is 39.3 Å². The zero-order valence-corrected chi connectivity index (χ0v) is 15.7. The number of ether oxygens (including phenoxy) is 1. The van der Waals surface area contributed by atoms with Crippen LogP contribution in [-0.4, -0.2) is 30.1 Å². The van der Waals surface area contributed by atoms with E-state index in [1.807, 2.05) is 17.0 Å². The predicted octanol–water partition coefficient (Wildman–Crippen LogP) is 4.59. The molecule has 1 aliphatic heterocycles. The SMILES string of the molecule is Cc1ccc(/C=C/C(=O)N(Cc2cccs2)CC2CCCO2)c(C)c1. The fraction of sp³-hybridized carbons (Fsp3) is 0.381. The van der Waals surface area contributed by atoms with Crippen molar-refractivity contribution in [1.29, 1.82) is 0 Å². The number of aryl methyl sites for hydroxylation is 2. The number of hydrogen-bond acceptors (Lipinski definition) is 3. The first-order valence-corrected chi connectivity index (χ1v) is 9.68. The molecular weight excluding hydrogens is 330 g/mol. The summed E-state index contributed by atoms with van der Waals surface area (Å²) in [6.07, 6.45) is 5.91. The van der Waals surface area contributed by atoms with Gasteiger partial charge in [-0.25, -0.2) is 0 Å². The van der Waals surface area contributed by atoms with Crippen LogP contribution in [-0.2, 0) is 16.1 Å². The number of rotatable bonds is 6. The molecule has 132 valence electrons. The number of amides is 1. The number of benzene rings is 1. The monoisotopic (exact) mass is 355 g/mol. The Labute approximate surface area is 153 Å². The Balaban J connectivity index is 1.71. The minimum Gasteiger partial charge on any atom is -0.376 e. The summed E-state index contributed by atoms with van der Waals surface area (Å²) in [6, 6.07) is 10.4. The summed E-state index contributed by atoms with van der Waals surface area (Å²) in [5.74, 6) is 0.0453. The quantitative estimate of drug-likeness (QED) is 0.710. The summed E-state index contributed by atoms with van der Waals surface area (Å²) < 4.78 is 5.73. The molecule has 1 fully saturated rings. The zero-order valence-electron chi connectivity index (χ0n) is 14.9. The van der Waals surface area contributed by atoms with Crippen LogP contribution in [0.25, 0.3) is 6.08 Å². The fourth-order valence-electron chi connectivity index (χ4n) is 3.14. The van der Waals surface area contributed by atoms with Gasteiger partial charge in [-0.05, 0) is 55.3 Å². The van der Waals surface area contributed by atoms with Crippen molar-refractivity contribution in [2.24, 2.45) is 0 Å². The second-order valence-electron chi connectivity index (χ2n) is 6.63. The molecule has 1 atom stereocenters. The van der Waals surface area contributed by atoms with Crippen molar-refractivity contribution in [2.75, 3.05) is 13.2 Å². The molecule has 0 N–H and O–H groups in total. The van der Waals surface area contributed by atoms with Crippen molar-refractivity contribution < 1.29 is 9.53 Å². The number of nitrogens with zero attached hydrogens (tertiary/aromatic N) is 1. The first kappa shape index (κ1) is 17.9. The van der Waals surface area contributed by atoms with Crippen molar-refractivity contribution in [1.82, 2.24) is 4.90 Å². The van der Waals surface area contributed by atoms with Crippen LogP contribution in [0.3, 0.4) is 0 Å². The van der Waals surface area contributed by atoms with Gasteiger partial charge in [-0.2, -0.15) is 0 Å². The molecule has 0 saturated carbocycles. The molecule has 3 nitrogen and oxygen atoms in total. The first-order valence-electron chi connectivity index (χ1n) is 8.80. The third-order valence-electron chi connectivity index (χ3n) is 4.52. The Morgan fingerprint density at radius 3 is 2.92 bits per heavy atom. The van der Waals surface area contributed by atoms with Gasteiger partial charge in [0.25, 0.3) is 0 Å². The summed E-state index contributed by atoms with van der Waals surface area (Å²) in [7, 11) is 0. The van der Waals surface area contributed by atoms with Crippen LogP contribution in [0, 0.1) is 13.8 Å². The number of carbonyl (C=O) groups is 1. The molecule has 0 bridgehead atoms. The van der Waals surface area contributed by atoms with Gasteiger partial charge in [0.05, 0.1) is 12.6 Å². The zero-order chi connectivity index (χ0) is 17.6. The Morgan fingerprint density at radius 2 is 2.24 bits per heavy atom. The van der Waals surface area contributed by atoms with Crippen molar-refractivity contribution in [3.8, 4) is 0 Å². The molecule has 2 aromatic rings. The van der Waals surface area contributed by atoms with Gasteiger partial charge in [0.2, 0.25) is 5.91 Å². The topological polar surface area (TPSA) is 29.5 Å². The maximum atomic E-state index is 12.8. The Bertz CT molecular complexity index is 730.